The van der Waals surface area contributed by atoms with Crippen molar-refractivity contribution in [1.29, 1.82) is 0 Å². The van der Waals surface area contributed by atoms with Crippen molar-refractivity contribution in [1.82, 2.24) is 9.91 Å². The number of carbonyl (C=O) groups excluding carboxylic acids is 1. The van der Waals surface area contributed by atoms with Crippen LogP contribution in [0.25, 0.3) is 0 Å². The van der Waals surface area contributed by atoms with Gasteiger partial charge in [-0.25, -0.2) is 17.6 Å². The molecule has 1 aliphatic rings. The molecule has 1 aliphatic heterocycles. The second kappa shape index (κ2) is 12.2. The van der Waals surface area contributed by atoms with Gasteiger partial charge in [0.25, 0.3) is 18.3 Å². The molecule has 1 aromatic heterocycles. The van der Waals surface area contributed by atoms with E-state index in [9.17, 15) is 26.7 Å². The Morgan fingerprint density at radius 2 is 1.97 bits per heavy atom. The van der Waals surface area contributed by atoms with Crippen molar-refractivity contribution in [2.45, 2.75) is 64.3 Å². The van der Waals surface area contributed by atoms with Crippen LogP contribution >= 0.6 is 11.3 Å². The van der Waals surface area contributed by atoms with E-state index in [0.29, 0.717) is 29.1 Å². The Labute approximate surface area is 178 Å². The zero-order valence-electron chi connectivity index (χ0n) is 17.8. The summed E-state index contributed by atoms with van der Waals surface area (Å²) < 4.78 is 62.6. The molecule has 10 heteroatoms. The molecule has 2 heterocycles. The van der Waals surface area contributed by atoms with Crippen LogP contribution in [0.2, 0.25) is 0 Å². The highest BCUT2D eigenvalue weighted by Gasteiger charge is 2.33. The van der Waals surface area contributed by atoms with Crippen LogP contribution in [0.15, 0.2) is 17.2 Å². The maximum Gasteiger partial charge on any atom is 0.264 e. The Kier molecular flexibility index (Phi) is 10.7. The lowest BCUT2D eigenvalue weighted by Crippen LogP contribution is -2.39. The van der Waals surface area contributed by atoms with Crippen molar-refractivity contribution in [3.63, 3.8) is 0 Å². The number of amides is 1. The van der Waals surface area contributed by atoms with Gasteiger partial charge in [-0.3, -0.25) is 14.2 Å². The normalized spacial score (nSPS) is 16.4. The Bertz CT molecular complexity index is 690. The van der Waals surface area contributed by atoms with E-state index in [1.54, 1.807) is 12.1 Å². The largest absolute Gasteiger partial charge is 0.332 e. The zero-order chi connectivity index (χ0) is 22.9. The maximum atomic E-state index is 13.6. The molecule has 2 rings (SSSR count). The number of nitrogens with zero attached hydrogens (tertiary/aromatic N) is 3. The minimum absolute atomic E-state index is 0.0933. The van der Waals surface area contributed by atoms with E-state index in [-0.39, 0.29) is 13.0 Å². The number of carbonyl (C=O) groups is 1. The van der Waals surface area contributed by atoms with Crippen molar-refractivity contribution in [2.24, 2.45) is 5.10 Å². The molecule has 0 saturated carbocycles. The van der Waals surface area contributed by atoms with Gasteiger partial charge >= 0.3 is 0 Å². The minimum atomic E-state index is -2.98. The summed E-state index contributed by atoms with van der Waals surface area (Å²) in [4.78, 5) is 14.9. The van der Waals surface area contributed by atoms with Crippen molar-refractivity contribution in [3.05, 3.63) is 21.9 Å². The van der Waals surface area contributed by atoms with Gasteiger partial charge in [0, 0.05) is 26.9 Å². The lowest BCUT2D eigenvalue weighted by atomic mass is 10.1. The summed E-state index contributed by atoms with van der Waals surface area (Å²) in [5.41, 5.74) is 0.493. The van der Waals surface area contributed by atoms with Gasteiger partial charge in [-0.15, -0.1) is 11.3 Å². The molecule has 0 N–H and O–H groups in total. The lowest BCUT2D eigenvalue weighted by Gasteiger charge is -2.25. The molecule has 172 valence electrons. The SMILES string of the molecule is CCCCCCN(CC(C)(F)F)C(=O)c1ccc(C2=NN(C)C(C(F)F)C2)s1.CF. The Hall–Kier alpha value is -1.71. The highest BCUT2D eigenvalue weighted by Crippen LogP contribution is 2.28. The molecular formula is C20H30F5N3OS. The third kappa shape index (κ3) is 7.85. The van der Waals surface area contributed by atoms with E-state index in [2.05, 4.69) is 12.0 Å². The van der Waals surface area contributed by atoms with Gasteiger partial charge in [0.1, 0.15) is 6.04 Å². The van der Waals surface area contributed by atoms with Crippen LogP contribution < -0.4 is 0 Å². The van der Waals surface area contributed by atoms with Crippen LogP contribution in [-0.2, 0) is 0 Å². The number of thiophene rings is 1. The number of hydrogen-bond donors (Lipinski definition) is 0. The maximum absolute atomic E-state index is 13.6. The fourth-order valence-electron chi connectivity index (χ4n) is 3.12. The summed E-state index contributed by atoms with van der Waals surface area (Å²) >= 11 is 1.11. The number of halogens is 5. The Morgan fingerprint density at radius 3 is 2.50 bits per heavy atom. The van der Waals surface area contributed by atoms with Gasteiger partial charge in [0.15, 0.2) is 0 Å². The van der Waals surface area contributed by atoms with E-state index in [1.165, 1.54) is 17.0 Å². The molecule has 1 atom stereocenters. The predicted octanol–water partition coefficient (Wildman–Crippen LogP) is 5.68. The molecule has 0 radical (unpaired) electrons. The molecular weight excluding hydrogens is 425 g/mol. The number of hydrogen-bond acceptors (Lipinski definition) is 4. The van der Waals surface area contributed by atoms with Crippen LogP contribution in [0.4, 0.5) is 22.0 Å². The lowest BCUT2D eigenvalue weighted by molar-refractivity contribution is -0.0111. The van der Waals surface area contributed by atoms with Gasteiger partial charge in [0.05, 0.1) is 29.2 Å². The zero-order valence-corrected chi connectivity index (χ0v) is 18.6. The van der Waals surface area contributed by atoms with E-state index < -0.39 is 30.8 Å². The number of alkyl halides is 5. The standard InChI is InChI=1S/C19H27F4N3OS.CH3F/c1-4-5-6-7-10-26(12-19(2,22)23)18(27)16-9-8-15(28-16)13-11-14(17(20)21)25(3)24-13;1-2/h8-9,14,17H,4-7,10-12H2,1-3H3;1H3. The van der Waals surface area contributed by atoms with Crippen LogP contribution in [0.5, 0.6) is 0 Å². The first kappa shape index (κ1) is 26.3. The summed E-state index contributed by atoms with van der Waals surface area (Å²) in [7, 11) is 1.99. The van der Waals surface area contributed by atoms with Crippen molar-refractivity contribution < 1.29 is 26.7 Å². The Morgan fingerprint density at radius 1 is 1.30 bits per heavy atom. The molecule has 4 nitrogen and oxygen atoms in total. The van der Waals surface area contributed by atoms with E-state index in [1.807, 2.05) is 0 Å². The molecule has 0 bridgehead atoms. The second-order valence-electron chi connectivity index (χ2n) is 7.25. The number of unbranched alkanes of at least 4 members (excludes halogenated alkanes) is 3. The van der Waals surface area contributed by atoms with Crippen molar-refractivity contribution in [2.75, 3.05) is 27.3 Å². The summed E-state index contributed by atoms with van der Waals surface area (Å²) in [6.07, 6.45) is 1.13. The van der Waals surface area contributed by atoms with Crippen LogP contribution in [0.3, 0.4) is 0 Å². The number of rotatable bonds is 10. The molecule has 0 saturated heterocycles. The molecule has 1 amide bonds. The van der Waals surface area contributed by atoms with Crippen LogP contribution in [-0.4, -0.2) is 67.2 Å². The molecule has 1 unspecified atom stereocenters. The third-order valence-corrected chi connectivity index (χ3v) is 5.71. The topological polar surface area (TPSA) is 35.9 Å². The van der Waals surface area contributed by atoms with Gasteiger partial charge in [-0.05, 0) is 18.6 Å². The van der Waals surface area contributed by atoms with Gasteiger partial charge < -0.3 is 4.90 Å². The van der Waals surface area contributed by atoms with Crippen LogP contribution in [0, 0.1) is 0 Å². The average molecular weight is 456 g/mol. The van der Waals surface area contributed by atoms with Crippen LogP contribution in [0.1, 0.15) is 60.5 Å². The fourth-order valence-corrected chi connectivity index (χ4v) is 4.09. The summed E-state index contributed by atoms with van der Waals surface area (Å²) in [6.45, 7) is 2.49. The quantitative estimate of drug-likeness (QED) is 0.336. The fraction of sp³-hybridized carbons (Fsp3) is 0.700. The molecule has 0 aromatic carbocycles. The summed E-state index contributed by atoms with van der Waals surface area (Å²) in [5.74, 6) is -3.44. The molecule has 0 fully saturated rings. The highest BCUT2D eigenvalue weighted by molar-refractivity contribution is 7.16. The summed E-state index contributed by atoms with van der Waals surface area (Å²) in [6, 6.07) is 2.23. The van der Waals surface area contributed by atoms with Gasteiger partial charge in [-0.2, -0.15) is 5.10 Å². The second-order valence-corrected chi connectivity index (χ2v) is 8.33. The van der Waals surface area contributed by atoms with Crippen molar-refractivity contribution >= 4 is 23.0 Å². The molecule has 0 aliphatic carbocycles. The summed E-state index contributed by atoms with van der Waals surface area (Å²) in [5, 5.41) is 5.38. The van der Waals surface area contributed by atoms with E-state index >= 15 is 0 Å². The predicted molar refractivity (Wildman–Crippen MR) is 111 cm³/mol. The van der Waals surface area contributed by atoms with Crippen molar-refractivity contribution in [3.8, 4) is 0 Å². The minimum Gasteiger partial charge on any atom is -0.332 e. The first-order chi connectivity index (χ1) is 14.1. The molecule has 1 aromatic rings. The number of hydrazone groups is 1. The van der Waals surface area contributed by atoms with E-state index in [0.717, 1.165) is 37.5 Å². The molecule has 30 heavy (non-hydrogen) atoms. The van der Waals surface area contributed by atoms with Gasteiger partial charge in [-0.1, -0.05) is 26.2 Å². The first-order valence-corrected chi connectivity index (χ1v) is 10.7. The highest BCUT2D eigenvalue weighted by atomic mass is 32.1. The van der Waals surface area contributed by atoms with Gasteiger partial charge in [0.2, 0.25) is 0 Å². The first-order valence-electron chi connectivity index (χ1n) is 9.86. The smallest absolute Gasteiger partial charge is 0.264 e. The average Bonchev–Trinajstić information content (AvgIpc) is 3.31. The Balaban J connectivity index is 0.00000218. The molecule has 0 spiro atoms. The van der Waals surface area contributed by atoms with E-state index in [4.69, 9.17) is 0 Å². The third-order valence-electron chi connectivity index (χ3n) is 4.59. The monoisotopic (exact) mass is 455 g/mol.